The summed E-state index contributed by atoms with van der Waals surface area (Å²) >= 11 is 0. The molecule has 1 aliphatic rings. The van der Waals surface area contributed by atoms with E-state index in [2.05, 4.69) is 22.7 Å². The monoisotopic (exact) mass is 259 g/mol. The van der Waals surface area contributed by atoms with Gasteiger partial charge in [0.2, 0.25) is 5.91 Å². The topological polar surface area (TPSA) is 67.5 Å². The number of nitrogens with one attached hydrogen (secondary N) is 1. The number of nitrogens with two attached hydrogens (primary N) is 1. The molecule has 0 radical (unpaired) electrons. The number of hydrogen-bond donors (Lipinski definition) is 2. The van der Waals surface area contributed by atoms with Gasteiger partial charge < -0.3 is 5.73 Å². The van der Waals surface area contributed by atoms with Crippen molar-refractivity contribution in [2.24, 2.45) is 16.8 Å². The highest BCUT2D eigenvalue weighted by Gasteiger charge is 2.29. The summed E-state index contributed by atoms with van der Waals surface area (Å²) in [6.07, 6.45) is 4.86. The number of rotatable bonds is 5. The van der Waals surface area contributed by atoms with Crippen LogP contribution < -0.4 is 11.2 Å². The minimum Gasteiger partial charge on any atom is -0.330 e. The van der Waals surface area contributed by atoms with Gasteiger partial charge >= 0.3 is 0 Å². The third kappa shape index (κ3) is 3.20. The van der Waals surface area contributed by atoms with Gasteiger partial charge in [-0.05, 0) is 36.9 Å². The number of aryl methyl sites for hydroxylation is 1. The smallest absolute Gasteiger partial charge is 0.248 e. The highest BCUT2D eigenvalue weighted by molar-refractivity contribution is 5.90. The third-order valence-corrected chi connectivity index (χ3v) is 3.58. The Kier molecular flexibility index (Phi) is 4.68. The lowest BCUT2D eigenvalue weighted by molar-refractivity contribution is -0.123. The molecule has 1 amide bonds. The number of amides is 1. The fourth-order valence-electron chi connectivity index (χ4n) is 2.56. The highest BCUT2D eigenvalue weighted by atomic mass is 16.2. The zero-order valence-electron chi connectivity index (χ0n) is 11.3. The van der Waals surface area contributed by atoms with Crippen LogP contribution in [0.3, 0.4) is 0 Å². The number of hydrazone groups is 1. The van der Waals surface area contributed by atoms with E-state index in [0.29, 0.717) is 0 Å². The quantitative estimate of drug-likeness (QED) is 0.792. The molecule has 0 aliphatic carbocycles. The summed E-state index contributed by atoms with van der Waals surface area (Å²) in [6.45, 7) is 2.75. The molecule has 1 aliphatic heterocycles. The van der Waals surface area contributed by atoms with Crippen LogP contribution in [0.4, 0.5) is 0 Å². The number of carbonyl (C=O) groups excluding carboxylic acids is 1. The SMILES string of the molecule is CC1C=NNC(=O)C1c1ccccc1CCCCN. The third-order valence-electron chi connectivity index (χ3n) is 3.58. The highest BCUT2D eigenvalue weighted by Crippen LogP contribution is 2.29. The van der Waals surface area contributed by atoms with E-state index in [9.17, 15) is 4.79 Å². The second-order valence-electron chi connectivity index (χ2n) is 5.04. The molecule has 0 bridgehead atoms. The van der Waals surface area contributed by atoms with Crippen LogP contribution in [0.5, 0.6) is 0 Å². The molecule has 19 heavy (non-hydrogen) atoms. The predicted octanol–water partition coefficient (Wildman–Crippen LogP) is 1.80. The van der Waals surface area contributed by atoms with E-state index in [0.717, 1.165) is 31.4 Å². The van der Waals surface area contributed by atoms with Gasteiger partial charge in [0.15, 0.2) is 0 Å². The first-order chi connectivity index (χ1) is 9.24. The molecule has 1 aromatic carbocycles. The molecular weight excluding hydrogens is 238 g/mol. The predicted molar refractivity (Wildman–Crippen MR) is 77.0 cm³/mol. The maximum Gasteiger partial charge on any atom is 0.248 e. The first kappa shape index (κ1) is 13.7. The van der Waals surface area contributed by atoms with Crippen molar-refractivity contribution < 1.29 is 4.79 Å². The summed E-state index contributed by atoms with van der Waals surface area (Å²) < 4.78 is 0. The molecule has 1 heterocycles. The summed E-state index contributed by atoms with van der Waals surface area (Å²) in [5, 5.41) is 3.88. The molecule has 4 heteroatoms. The Morgan fingerprint density at radius 3 is 2.84 bits per heavy atom. The summed E-state index contributed by atoms with van der Waals surface area (Å²) in [4.78, 5) is 12.0. The fourth-order valence-corrected chi connectivity index (χ4v) is 2.56. The number of carbonyl (C=O) groups is 1. The molecule has 4 nitrogen and oxygen atoms in total. The van der Waals surface area contributed by atoms with E-state index in [1.807, 2.05) is 25.3 Å². The zero-order chi connectivity index (χ0) is 13.7. The van der Waals surface area contributed by atoms with Gasteiger partial charge in [0.25, 0.3) is 0 Å². The number of hydrogen-bond acceptors (Lipinski definition) is 3. The molecule has 2 atom stereocenters. The van der Waals surface area contributed by atoms with Gasteiger partial charge in [0.1, 0.15) is 0 Å². The summed E-state index contributed by atoms with van der Waals surface area (Å²) in [7, 11) is 0. The van der Waals surface area contributed by atoms with E-state index in [4.69, 9.17) is 5.73 Å². The van der Waals surface area contributed by atoms with Crippen molar-refractivity contribution in [2.75, 3.05) is 6.54 Å². The van der Waals surface area contributed by atoms with Gasteiger partial charge in [-0.3, -0.25) is 4.79 Å². The maximum atomic E-state index is 12.0. The van der Waals surface area contributed by atoms with E-state index < -0.39 is 0 Å². The molecule has 0 saturated heterocycles. The van der Waals surface area contributed by atoms with Gasteiger partial charge in [-0.2, -0.15) is 5.10 Å². The Bertz CT molecular complexity index is 470. The van der Waals surface area contributed by atoms with Crippen LogP contribution in [0.25, 0.3) is 0 Å². The lowest BCUT2D eigenvalue weighted by Gasteiger charge is -2.25. The van der Waals surface area contributed by atoms with Crippen LogP contribution >= 0.6 is 0 Å². The molecule has 1 aromatic rings. The first-order valence-electron chi connectivity index (χ1n) is 6.85. The Balaban J connectivity index is 2.23. The number of benzene rings is 1. The largest absolute Gasteiger partial charge is 0.330 e. The van der Waals surface area contributed by atoms with Crippen LogP contribution in [0.15, 0.2) is 29.4 Å². The average Bonchev–Trinajstić information content (AvgIpc) is 2.40. The van der Waals surface area contributed by atoms with E-state index in [1.54, 1.807) is 0 Å². The minimum atomic E-state index is -0.133. The fraction of sp³-hybridized carbons (Fsp3) is 0.467. The second kappa shape index (κ2) is 6.48. The van der Waals surface area contributed by atoms with Gasteiger partial charge in [-0.1, -0.05) is 31.2 Å². The van der Waals surface area contributed by atoms with Crippen molar-refractivity contribution in [3.63, 3.8) is 0 Å². The van der Waals surface area contributed by atoms with Crippen LogP contribution in [0, 0.1) is 5.92 Å². The first-order valence-corrected chi connectivity index (χ1v) is 6.85. The Morgan fingerprint density at radius 2 is 2.11 bits per heavy atom. The van der Waals surface area contributed by atoms with Gasteiger partial charge in [-0.25, -0.2) is 5.43 Å². The molecule has 2 rings (SSSR count). The molecule has 0 spiro atoms. The maximum absolute atomic E-state index is 12.0. The Hall–Kier alpha value is -1.68. The molecular formula is C15H21N3O. The Labute approximate surface area is 114 Å². The van der Waals surface area contributed by atoms with Crippen LogP contribution in [-0.2, 0) is 11.2 Å². The number of nitrogens with zero attached hydrogens (tertiary/aromatic N) is 1. The van der Waals surface area contributed by atoms with Crippen molar-refractivity contribution >= 4 is 12.1 Å². The second-order valence-corrected chi connectivity index (χ2v) is 5.04. The normalized spacial score (nSPS) is 22.3. The minimum absolute atomic E-state index is 0.0127. The Morgan fingerprint density at radius 1 is 1.32 bits per heavy atom. The van der Waals surface area contributed by atoms with Gasteiger partial charge in [0, 0.05) is 12.1 Å². The van der Waals surface area contributed by atoms with Gasteiger partial charge in [0.05, 0.1) is 5.92 Å². The summed E-state index contributed by atoms with van der Waals surface area (Å²) in [5.74, 6) is -0.0164. The lowest BCUT2D eigenvalue weighted by Crippen LogP contribution is -2.35. The van der Waals surface area contributed by atoms with E-state index in [-0.39, 0.29) is 17.7 Å². The molecule has 0 saturated carbocycles. The van der Waals surface area contributed by atoms with Crippen molar-refractivity contribution in [1.29, 1.82) is 0 Å². The summed E-state index contributed by atoms with van der Waals surface area (Å²) in [6, 6.07) is 8.18. The molecule has 0 fully saturated rings. The van der Waals surface area contributed by atoms with Crippen molar-refractivity contribution in [1.82, 2.24) is 5.43 Å². The van der Waals surface area contributed by atoms with Crippen molar-refractivity contribution in [3.05, 3.63) is 35.4 Å². The molecule has 3 N–H and O–H groups in total. The van der Waals surface area contributed by atoms with Crippen molar-refractivity contribution in [3.8, 4) is 0 Å². The van der Waals surface area contributed by atoms with Crippen LogP contribution in [0.2, 0.25) is 0 Å². The summed E-state index contributed by atoms with van der Waals surface area (Å²) in [5.41, 5.74) is 10.5. The molecule has 2 unspecified atom stereocenters. The molecule has 0 aromatic heterocycles. The van der Waals surface area contributed by atoms with Crippen LogP contribution in [-0.4, -0.2) is 18.7 Å². The average molecular weight is 259 g/mol. The van der Waals surface area contributed by atoms with Crippen molar-refractivity contribution in [2.45, 2.75) is 32.1 Å². The number of unbranched alkanes of at least 4 members (excludes halogenated alkanes) is 1. The standard InChI is InChI=1S/C15H21N3O/c1-11-10-17-18-15(19)14(11)13-8-3-2-6-12(13)7-4-5-9-16/h2-3,6,8,10-11,14H,4-5,7,9,16H2,1H3,(H,18,19). The van der Waals surface area contributed by atoms with Gasteiger partial charge in [-0.15, -0.1) is 0 Å². The zero-order valence-corrected chi connectivity index (χ0v) is 11.3. The van der Waals surface area contributed by atoms with E-state index in [1.165, 1.54) is 5.56 Å². The van der Waals surface area contributed by atoms with E-state index >= 15 is 0 Å². The molecule has 102 valence electrons. The van der Waals surface area contributed by atoms with Crippen LogP contribution in [0.1, 0.15) is 36.8 Å². The lowest BCUT2D eigenvalue weighted by atomic mass is 9.83.